The van der Waals surface area contributed by atoms with Crippen molar-refractivity contribution in [2.24, 2.45) is 11.7 Å². The molecule has 2 fully saturated rings. The number of nitrogens with zero attached hydrogens (tertiary/aromatic N) is 1. The lowest BCUT2D eigenvalue weighted by molar-refractivity contribution is 0.193. The molecular weight excluding hydrogens is 364 g/mol. The highest BCUT2D eigenvalue weighted by molar-refractivity contribution is 5.25. The van der Waals surface area contributed by atoms with Crippen LogP contribution in [0.2, 0.25) is 0 Å². The third-order valence-electron chi connectivity index (χ3n) is 6.20. The van der Waals surface area contributed by atoms with Crippen LogP contribution in [0.1, 0.15) is 42.4 Å². The Morgan fingerprint density at radius 1 is 0.700 bits per heavy atom. The molecule has 3 aromatic rings. The molecule has 3 aromatic carbocycles. The molecule has 2 atom stereocenters. The number of rotatable bonds is 3. The van der Waals surface area contributed by atoms with Crippen LogP contribution in [0, 0.1) is 5.92 Å². The van der Waals surface area contributed by atoms with Gasteiger partial charge in [0.1, 0.15) is 0 Å². The molecule has 1 saturated heterocycles. The summed E-state index contributed by atoms with van der Waals surface area (Å²) in [7, 11) is 2.27. The molecule has 2 N–H and O–H groups in total. The molecule has 30 heavy (non-hydrogen) atoms. The highest BCUT2D eigenvalue weighted by Crippen LogP contribution is 2.35. The van der Waals surface area contributed by atoms with Crippen molar-refractivity contribution < 1.29 is 0 Å². The number of nitrogens with two attached hydrogens (primary N) is 1. The van der Waals surface area contributed by atoms with Crippen molar-refractivity contribution >= 4 is 0 Å². The van der Waals surface area contributed by atoms with Crippen LogP contribution in [0.3, 0.4) is 0 Å². The van der Waals surface area contributed by atoms with Crippen LogP contribution >= 0.6 is 0 Å². The van der Waals surface area contributed by atoms with Gasteiger partial charge in [0.25, 0.3) is 0 Å². The highest BCUT2D eigenvalue weighted by Gasteiger charge is 2.31. The number of fused-ring (bicyclic) bond motifs is 2. The van der Waals surface area contributed by atoms with Crippen molar-refractivity contribution in [1.29, 1.82) is 0 Å². The van der Waals surface area contributed by atoms with Crippen LogP contribution in [-0.4, -0.2) is 24.5 Å². The molecule has 5 rings (SSSR count). The summed E-state index contributed by atoms with van der Waals surface area (Å²) in [5.41, 5.74) is 9.28. The molecule has 2 unspecified atom stereocenters. The molecule has 1 heterocycles. The summed E-state index contributed by atoms with van der Waals surface area (Å²) >= 11 is 0. The molecule has 1 aliphatic carbocycles. The van der Waals surface area contributed by atoms with Gasteiger partial charge in [-0.05, 0) is 68.3 Å². The van der Waals surface area contributed by atoms with E-state index in [9.17, 15) is 0 Å². The maximum atomic E-state index is 5.35. The van der Waals surface area contributed by atoms with Crippen LogP contribution in [0.15, 0.2) is 91.0 Å². The summed E-state index contributed by atoms with van der Waals surface area (Å²) in [5, 5.41) is 0. The largest absolute Gasteiger partial charge is 0.326 e. The standard InChI is InChI=1S/C13H12.C8H15N.C7H9N/c1-3-7-12(8-4-1)11-13-9-5-2-6-10-13;1-9-5-4-7-2-3-8(9)6-7;8-6-7-4-2-1-3-5-7/h1-10H,11H2;7-8H,2-6H2,1H3;1-5H,6,8H2. The monoisotopic (exact) mass is 400 g/mol. The van der Waals surface area contributed by atoms with Gasteiger partial charge in [0, 0.05) is 12.6 Å². The Balaban J connectivity index is 0.000000133. The van der Waals surface area contributed by atoms with E-state index in [1.807, 2.05) is 30.3 Å². The quantitative estimate of drug-likeness (QED) is 0.592. The van der Waals surface area contributed by atoms with Crippen LogP contribution in [0.4, 0.5) is 0 Å². The fourth-order valence-electron chi connectivity index (χ4n) is 4.32. The van der Waals surface area contributed by atoms with Crippen molar-refractivity contribution in [2.45, 2.75) is 44.7 Å². The molecule has 0 aromatic heterocycles. The first kappa shape index (κ1) is 22.3. The van der Waals surface area contributed by atoms with Gasteiger partial charge in [-0.2, -0.15) is 0 Å². The van der Waals surface area contributed by atoms with Gasteiger partial charge in [-0.3, -0.25) is 0 Å². The van der Waals surface area contributed by atoms with E-state index in [4.69, 9.17) is 5.73 Å². The zero-order valence-electron chi connectivity index (χ0n) is 18.3. The Morgan fingerprint density at radius 3 is 1.63 bits per heavy atom. The van der Waals surface area contributed by atoms with Gasteiger partial charge in [0.2, 0.25) is 0 Å². The lowest BCUT2D eigenvalue weighted by Crippen LogP contribution is -2.34. The van der Waals surface area contributed by atoms with Crippen LogP contribution in [0.5, 0.6) is 0 Å². The van der Waals surface area contributed by atoms with Crippen molar-refractivity contribution in [1.82, 2.24) is 4.90 Å². The first-order valence-electron chi connectivity index (χ1n) is 11.3. The number of piperidine rings is 1. The van der Waals surface area contributed by atoms with E-state index in [2.05, 4.69) is 72.6 Å². The van der Waals surface area contributed by atoms with Gasteiger partial charge in [0.15, 0.2) is 0 Å². The van der Waals surface area contributed by atoms with E-state index in [0.717, 1.165) is 18.4 Å². The molecule has 2 aliphatic rings. The second-order valence-electron chi connectivity index (χ2n) is 8.44. The van der Waals surface area contributed by atoms with Gasteiger partial charge in [-0.15, -0.1) is 0 Å². The Morgan fingerprint density at radius 2 is 1.20 bits per heavy atom. The van der Waals surface area contributed by atoms with Gasteiger partial charge in [-0.1, -0.05) is 91.0 Å². The van der Waals surface area contributed by atoms with E-state index in [0.29, 0.717) is 6.54 Å². The Labute approximate surface area is 182 Å². The highest BCUT2D eigenvalue weighted by atomic mass is 15.1. The predicted molar refractivity (Wildman–Crippen MR) is 128 cm³/mol. The second-order valence-corrected chi connectivity index (χ2v) is 8.44. The zero-order valence-corrected chi connectivity index (χ0v) is 18.3. The van der Waals surface area contributed by atoms with Crippen LogP contribution in [-0.2, 0) is 13.0 Å². The third-order valence-corrected chi connectivity index (χ3v) is 6.20. The van der Waals surface area contributed by atoms with E-state index in [1.165, 1.54) is 48.9 Å². The normalized spacial score (nSPS) is 19.8. The zero-order chi connectivity index (χ0) is 21.0. The molecule has 2 bridgehead atoms. The second kappa shape index (κ2) is 12.3. The van der Waals surface area contributed by atoms with Crippen molar-refractivity contribution in [3.63, 3.8) is 0 Å². The first-order valence-corrected chi connectivity index (χ1v) is 11.3. The predicted octanol–water partition coefficient (Wildman–Crippen LogP) is 5.91. The summed E-state index contributed by atoms with van der Waals surface area (Å²) in [6, 6.07) is 32.0. The van der Waals surface area contributed by atoms with Crippen molar-refractivity contribution in [3.05, 3.63) is 108 Å². The summed E-state index contributed by atoms with van der Waals surface area (Å²) in [6.45, 7) is 2.00. The number of likely N-dealkylation sites (tertiary alicyclic amines) is 1. The Kier molecular flexibility index (Phi) is 9.14. The van der Waals surface area contributed by atoms with Crippen LogP contribution in [0.25, 0.3) is 0 Å². The topological polar surface area (TPSA) is 29.3 Å². The molecule has 0 spiro atoms. The number of hydrogen-bond donors (Lipinski definition) is 1. The molecule has 2 heteroatoms. The molecule has 1 saturated carbocycles. The maximum Gasteiger partial charge on any atom is 0.0178 e. The van der Waals surface area contributed by atoms with Crippen molar-refractivity contribution in [3.8, 4) is 0 Å². The number of benzene rings is 3. The molecule has 2 nitrogen and oxygen atoms in total. The van der Waals surface area contributed by atoms with E-state index >= 15 is 0 Å². The van der Waals surface area contributed by atoms with Gasteiger partial charge in [0.05, 0.1) is 0 Å². The average Bonchev–Trinajstić information content (AvgIpc) is 3.22. The fraction of sp³-hybridized carbons (Fsp3) is 0.357. The van der Waals surface area contributed by atoms with Gasteiger partial charge >= 0.3 is 0 Å². The number of hydrogen-bond acceptors (Lipinski definition) is 2. The molecular formula is C28H36N2. The minimum atomic E-state index is 0.640. The SMILES string of the molecule is CN1CCC2CCC1C2.NCc1ccccc1.c1ccc(Cc2ccccc2)cc1. The molecule has 1 aliphatic heterocycles. The van der Waals surface area contributed by atoms with Gasteiger partial charge < -0.3 is 10.6 Å². The average molecular weight is 401 g/mol. The third kappa shape index (κ3) is 7.44. The minimum Gasteiger partial charge on any atom is -0.326 e. The first-order chi connectivity index (χ1) is 14.7. The van der Waals surface area contributed by atoms with Crippen LogP contribution < -0.4 is 5.73 Å². The summed E-state index contributed by atoms with van der Waals surface area (Å²) in [4.78, 5) is 2.53. The molecule has 0 radical (unpaired) electrons. The Bertz CT molecular complexity index is 780. The maximum absolute atomic E-state index is 5.35. The smallest absolute Gasteiger partial charge is 0.0178 e. The van der Waals surface area contributed by atoms with E-state index in [1.54, 1.807) is 0 Å². The minimum absolute atomic E-state index is 0.640. The fourth-order valence-corrected chi connectivity index (χ4v) is 4.32. The molecule has 0 amide bonds. The lowest BCUT2D eigenvalue weighted by Gasteiger charge is -2.29. The van der Waals surface area contributed by atoms with Gasteiger partial charge in [-0.25, -0.2) is 0 Å². The Hall–Kier alpha value is -2.42. The summed E-state index contributed by atoms with van der Waals surface area (Å²) < 4.78 is 0. The van der Waals surface area contributed by atoms with E-state index < -0.39 is 0 Å². The lowest BCUT2D eigenvalue weighted by atomic mass is 10.00. The summed E-state index contributed by atoms with van der Waals surface area (Å²) in [5.74, 6) is 1.10. The van der Waals surface area contributed by atoms with E-state index in [-0.39, 0.29) is 0 Å². The van der Waals surface area contributed by atoms with Crippen molar-refractivity contribution in [2.75, 3.05) is 13.6 Å². The molecule has 158 valence electrons. The summed E-state index contributed by atoms with van der Waals surface area (Å²) in [6.07, 6.45) is 6.97.